The van der Waals surface area contributed by atoms with Crippen LogP contribution in [-0.4, -0.2) is 16.8 Å². The monoisotopic (exact) mass is 301 g/mol. The molecule has 0 aromatic heterocycles. The van der Waals surface area contributed by atoms with Crippen molar-refractivity contribution in [3.8, 4) is 0 Å². The average Bonchev–Trinajstić information content (AvgIpc) is 2.98. The molecule has 0 saturated heterocycles. The van der Waals surface area contributed by atoms with Crippen LogP contribution in [0, 0.1) is 6.92 Å². The van der Waals surface area contributed by atoms with Crippen LogP contribution in [0.2, 0.25) is 5.02 Å². The Balaban J connectivity index is 2.15. The first-order valence-corrected chi connectivity index (χ1v) is 6.71. The van der Waals surface area contributed by atoms with Crippen LogP contribution in [0.3, 0.4) is 0 Å². The highest BCUT2D eigenvalue weighted by molar-refractivity contribution is 9.09. The number of halogens is 2. The van der Waals surface area contributed by atoms with Gasteiger partial charge >= 0.3 is 0 Å². The molecule has 2 nitrogen and oxygen atoms in total. The van der Waals surface area contributed by atoms with E-state index in [2.05, 4.69) is 21.2 Å². The van der Waals surface area contributed by atoms with E-state index in [0.29, 0.717) is 10.6 Å². The van der Waals surface area contributed by atoms with Crippen molar-refractivity contribution in [2.75, 3.05) is 5.33 Å². The fourth-order valence-electron chi connectivity index (χ4n) is 1.63. The second kappa shape index (κ2) is 4.38. The van der Waals surface area contributed by atoms with Gasteiger partial charge in [-0.1, -0.05) is 27.5 Å². The van der Waals surface area contributed by atoms with Crippen LogP contribution in [-0.2, 0) is 0 Å². The summed E-state index contributed by atoms with van der Waals surface area (Å²) in [6.45, 7) is 1.90. The first kappa shape index (κ1) is 11.9. The van der Waals surface area contributed by atoms with Gasteiger partial charge < -0.3 is 5.32 Å². The summed E-state index contributed by atoms with van der Waals surface area (Å²) in [7, 11) is 0. The van der Waals surface area contributed by atoms with Gasteiger partial charge in [0, 0.05) is 15.9 Å². The molecule has 0 radical (unpaired) electrons. The topological polar surface area (TPSA) is 29.1 Å². The van der Waals surface area contributed by atoms with Gasteiger partial charge in [0.2, 0.25) is 0 Å². The first-order valence-electron chi connectivity index (χ1n) is 5.21. The molecule has 1 amide bonds. The zero-order valence-corrected chi connectivity index (χ0v) is 11.4. The van der Waals surface area contributed by atoms with E-state index in [1.165, 1.54) is 0 Å². The summed E-state index contributed by atoms with van der Waals surface area (Å²) in [5, 5.41) is 4.55. The van der Waals surface area contributed by atoms with Crippen molar-refractivity contribution in [1.29, 1.82) is 0 Å². The highest BCUT2D eigenvalue weighted by Gasteiger charge is 2.43. The predicted molar refractivity (Wildman–Crippen MR) is 69.4 cm³/mol. The summed E-state index contributed by atoms with van der Waals surface area (Å²) in [5.41, 5.74) is 1.61. The maximum absolute atomic E-state index is 12.0. The predicted octanol–water partition coefficient (Wildman–Crippen LogP) is 3.31. The molecule has 1 saturated carbocycles. The molecule has 0 unspecified atom stereocenters. The smallest absolute Gasteiger partial charge is 0.252 e. The lowest BCUT2D eigenvalue weighted by Gasteiger charge is -2.15. The third-order valence-corrected chi connectivity index (χ3v) is 4.23. The third kappa shape index (κ3) is 2.41. The summed E-state index contributed by atoms with van der Waals surface area (Å²) < 4.78 is 0. The van der Waals surface area contributed by atoms with Crippen molar-refractivity contribution in [2.45, 2.75) is 25.3 Å². The molecule has 2 rings (SSSR count). The number of amides is 1. The Bertz CT molecular complexity index is 429. The van der Waals surface area contributed by atoms with Crippen molar-refractivity contribution >= 4 is 33.4 Å². The van der Waals surface area contributed by atoms with Crippen LogP contribution < -0.4 is 5.32 Å². The number of rotatable bonds is 3. The summed E-state index contributed by atoms with van der Waals surface area (Å²) in [5.74, 6) is -0.00823. The molecule has 1 fully saturated rings. The summed E-state index contributed by atoms with van der Waals surface area (Å²) in [6, 6.07) is 5.33. The quantitative estimate of drug-likeness (QED) is 0.853. The maximum atomic E-state index is 12.0. The Hall–Kier alpha value is -0.540. The highest BCUT2D eigenvalue weighted by atomic mass is 79.9. The van der Waals surface area contributed by atoms with Crippen molar-refractivity contribution in [3.63, 3.8) is 0 Å². The molecule has 16 heavy (non-hydrogen) atoms. The molecular weight excluding hydrogens is 289 g/mol. The molecule has 0 spiro atoms. The molecule has 1 aromatic rings. The largest absolute Gasteiger partial charge is 0.346 e. The molecule has 0 aliphatic heterocycles. The van der Waals surface area contributed by atoms with Crippen molar-refractivity contribution < 1.29 is 4.79 Å². The van der Waals surface area contributed by atoms with Crippen molar-refractivity contribution in [3.05, 3.63) is 34.3 Å². The molecule has 1 N–H and O–H groups in total. The Kier molecular flexibility index (Phi) is 3.27. The van der Waals surface area contributed by atoms with E-state index >= 15 is 0 Å². The van der Waals surface area contributed by atoms with Gasteiger partial charge in [0.25, 0.3) is 5.91 Å². The van der Waals surface area contributed by atoms with Gasteiger partial charge in [0.05, 0.1) is 5.54 Å². The van der Waals surface area contributed by atoms with Crippen molar-refractivity contribution in [2.24, 2.45) is 0 Å². The number of hydrogen-bond donors (Lipinski definition) is 1. The lowest BCUT2D eigenvalue weighted by atomic mass is 10.1. The van der Waals surface area contributed by atoms with E-state index in [4.69, 9.17) is 11.6 Å². The Labute approximate surface area is 108 Å². The molecule has 1 aliphatic rings. The van der Waals surface area contributed by atoms with Crippen LogP contribution in [0.25, 0.3) is 0 Å². The molecular formula is C12H13BrClNO. The first-order chi connectivity index (χ1) is 7.56. The van der Waals surface area contributed by atoms with E-state index in [0.717, 1.165) is 23.7 Å². The number of alkyl halides is 1. The zero-order valence-electron chi connectivity index (χ0n) is 9.02. The number of aryl methyl sites for hydroxylation is 1. The maximum Gasteiger partial charge on any atom is 0.252 e. The molecule has 0 atom stereocenters. The van der Waals surface area contributed by atoms with Gasteiger partial charge in [-0.05, 0) is 43.5 Å². The van der Waals surface area contributed by atoms with Crippen LogP contribution in [0.1, 0.15) is 28.8 Å². The van der Waals surface area contributed by atoms with Gasteiger partial charge in [-0.15, -0.1) is 0 Å². The SMILES string of the molecule is Cc1cc(Cl)ccc1C(=O)NC1(CBr)CC1. The summed E-state index contributed by atoms with van der Waals surface area (Å²) in [4.78, 5) is 12.0. The minimum absolute atomic E-state index is 0.00823. The van der Waals surface area contributed by atoms with Crippen molar-refractivity contribution in [1.82, 2.24) is 5.32 Å². The minimum Gasteiger partial charge on any atom is -0.346 e. The van der Waals surface area contributed by atoms with E-state index in [-0.39, 0.29) is 11.4 Å². The fraction of sp³-hybridized carbons (Fsp3) is 0.417. The van der Waals surface area contributed by atoms with Gasteiger partial charge in [-0.25, -0.2) is 0 Å². The fourth-order valence-corrected chi connectivity index (χ4v) is 2.56. The van der Waals surface area contributed by atoms with Crippen LogP contribution in [0.4, 0.5) is 0 Å². The molecule has 1 aliphatic carbocycles. The minimum atomic E-state index is -0.0108. The van der Waals surface area contributed by atoms with Crippen LogP contribution >= 0.6 is 27.5 Å². The standard InChI is InChI=1S/C12H13BrClNO/c1-8-6-9(14)2-3-10(8)11(16)15-12(7-13)4-5-12/h2-3,6H,4-5,7H2,1H3,(H,15,16). The molecule has 0 bridgehead atoms. The van der Waals surface area contributed by atoms with E-state index in [1.807, 2.05) is 13.0 Å². The second-order valence-electron chi connectivity index (χ2n) is 4.33. The number of carbonyl (C=O) groups excluding carboxylic acids is 1. The van der Waals surface area contributed by atoms with Crippen LogP contribution in [0.5, 0.6) is 0 Å². The average molecular weight is 303 g/mol. The summed E-state index contributed by atoms with van der Waals surface area (Å²) >= 11 is 9.28. The molecule has 4 heteroatoms. The van der Waals surface area contributed by atoms with Gasteiger partial charge in [0.1, 0.15) is 0 Å². The Morgan fingerprint density at radius 2 is 2.25 bits per heavy atom. The Morgan fingerprint density at radius 1 is 1.56 bits per heavy atom. The highest BCUT2D eigenvalue weighted by Crippen LogP contribution is 2.37. The zero-order chi connectivity index (χ0) is 11.8. The normalized spacial score (nSPS) is 16.9. The molecule has 1 aromatic carbocycles. The number of carbonyl (C=O) groups is 1. The lowest BCUT2D eigenvalue weighted by molar-refractivity contribution is 0.0936. The van der Waals surface area contributed by atoms with Gasteiger partial charge in [-0.3, -0.25) is 4.79 Å². The van der Waals surface area contributed by atoms with E-state index in [1.54, 1.807) is 12.1 Å². The number of nitrogens with one attached hydrogen (secondary N) is 1. The van der Waals surface area contributed by atoms with Gasteiger partial charge in [-0.2, -0.15) is 0 Å². The summed E-state index contributed by atoms with van der Waals surface area (Å²) in [6.07, 6.45) is 2.10. The van der Waals surface area contributed by atoms with Crippen LogP contribution in [0.15, 0.2) is 18.2 Å². The second-order valence-corrected chi connectivity index (χ2v) is 5.32. The Morgan fingerprint density at radius 3 is 2.75 bits per heavy atom. The molecule has 86 valence electrons. The lowest BCUT2D eigenvalue weighted by Crippen LogP contribution is -2.38. The third-order valence-electron chi connectivity index (χ3n) is 2.92. The number of hydrogen-bond acceptors (Lipinski definition) is 1. The molecule has 0 heterocycles. The number of benzene rings is 1. The van der Waals surface area contributed by atoms with E-state index < -0.39 is 0 Å². The van der Waals surface area contributed by atoms with Gasteiger partial charge in [0.15, 0.2) is 0 Å². The van der Waals surface area contributed by atoms with E-state index in [9.17, 15) is 4.79 Å².